The number of carbonyl (C=O) groups is 1. The topological polar surface area (TPSA) is 86.2 Å². The highest BCUT2D eigenvalue weighted by Gasteiger charge is 2.38. The minimum absolute atomic E-state index is 0.0269. The van der Waals surface area contributed by atoms with Crippen molar-refractivity contribution in [1.82, 2.24) is 5.32 Å². The van der Waals surface area contributed by atoms with Gasteiger partial charge in [0.2, 0.25) is 0 Å². The highest BCUT2D eigenvalue weighted by atomic mass is 16.5. The summed E-state index contributed by atoms with van der Waals surface area (Å²) in [6.07, 6.45) is -0.504. The lowest BCUT2D eigenvalue weighted by Gasteiger charge is -2.36. The molecule has 0 saturated carbocycles. The summed E-state index contributed by atoms with van der Waals surface area (Å²) >= 11 is 0. The van der Waals surface area contributed by atoms with Crippen molar-refractivity contribution < 1.29 is 28.8 Å². The van der Waals surface area contributed by atoms with Gasteiger partial charge < -0.3 is 29.4 Å². The Hall–Kier alpha value is -5.89. The van der Waals surface area contributed by atoms with Crippen LogP contribution in [0, 0.1) is 0 Å². The molecule has 0 radical (unpaired) electrons. The summed E-state index contributed by atoms with van der Waals surface area (Å²) in [6, 6.07) is 48.2. The maximum Gasteiger partial charge on any atom is 0.407 e. The first-order valence-corrected chi connectivity index (χ1v) is 17.3. The van der Waals surface area contributed by atoms with Crippen LogP contribution in [0.1, 0.15) is 50.4 Å². The van der Waals surface area contributed by atoms with Gasteiger partial charge in [0.05, 0.1) is 27.4 Å². The first-order chi connectivity index (χ1) is 25.5. The van der Waals surface area contributed by atoms with Gasteiger partial charge in [0.25, 0.3) is 0 Å². The number of amides is 1. The van der Waals surface area contributed by atoms with Crippen LogP contribution < -0.4 is 14.8 Å². The molecular weight excluding hydrogens is 650 g/mol. The van der Waals surface area contributed by atoms with Gasteiger partial charge >= 0.3 is 6.09 Å². The van der Waals surface area contributed by atoms with Crippen LogP contribution in [0.4, 0.5) is 4.79 Å². The number of hydrogen-bond donors (Lipinski definition) is 2. The maximum absolute atomic E-state index is 13.0. The third-order valence-electron chi connectivity index (χ3n) is 9.70. The van der Waals surface area contributed by atoms with E-state index in [4.69, 9.17) is 18.9 Å². The molecule has 1 aliphatic carbocycles. The number of carbonyl (C=O) groups excluding carboxylic acids is 1. The predicted octanol–water partition coefficient (Wildman–Crippen LogP) is 8.74. The Kier molecular flexibility index (Phi) is 10.3. The number of methoxy groups -OCH3 is 2. The van der Waals surface area contributed by atoms with E-state index in [9.17, 15) is 9.90 Å². The molecular formula is C45H41NO6. The maximum atomic E-state index is 13.0. The van der Waals surface area contributed by atoms with Gasteiger partial charge in [-0.2, -0.15) is 0 Å². The summed E-state index contributed by atoms with van der Waals surface area (Å²) in [4.78, 5) is 13.0. The van der Waals surface area contributed by atoms with E-state index in [1.165, 1.54) is 11.1 Å². The summed E-state index contributed by atoms with van der Waals surface area (Å²) in [5.41, 5.74) is 8.83. The highest BCUT2D eigenvalue weighted by Crippen LogP contribution is 2.45. The largest absolute Gasteiger partial charge is 0.497 e. The van der Waals surface area contributed by atoms with Gasteiger partial charge in [-0.15, -0.1) is 0 Å². The Labute approximate surface area is 304 Å². The Morgan fingerprint density at radius 3 is 1.69 bits per heavy atom. The lowest BCUT2D eigenvalue weighted by Crippen LogP contribution is -2.33. The van der Waals surface area contributed by atoms with E-state index in [2.05, 4.69) is 41.7 Å². The quantitative estimate of drug-likeness (QED) is 0.118. The first kappa shape index (κ1) is 34.6. The van der Waals surface area contributed by atoms with Gasteiger partial charge in [-0.25, -0.2) is 4.79 Å². The van der Waals surface area contributed by atoms with E-state index in [-0.39, 0.29) is 32.3 Å². The lowest BCUT2D eigenvalue weighted by molar-refractivity contribution is 0.000115. The van der Waals surface area contributed by atoms with Crippen molar-refractivity contribution in [3.05, 3.63) is 190 Å². The van der Waals surface area contributed by atoms with Crippen LogP contribution >= 0.6 is 0 Å². The molecule has 1 aliphatic rings. The SMILES string of the molecule is COc1ccc(C(OCc2cc(CO)cc(CNC(=O)OCC3c4ccccc4-c4ccccc43)c2)(c2ccccc2)c2ccc(OC)cc2)cc1. The van der Waals surface area contributed by atoms with Crippen molar-refractivity contribution in [3.63, 3.8) is 0 Å². The van der Waals surface area contributed by atoms with Crippen LogP contribution in [0.5, 0.6) is 11.5 Å². The number of rotatable bonds is 13. The van der Waals surface area contributed by atoms with E-state index in [1.54, 1.807) is 14.2 Å². The van der Waals surface area contributed by atoms with Gasteiger partial charge in [0, 0.05) is 12.5 Å². The van der Waals surface area contributed by atoms with E-state index < -0.39 is 11.7 Å². The van der Waals surface area contributed by atoms with Gasteiger partial charge in [-0.05, 0) is 79.9 Å². The van der Waals surface area contributed by atoms with Gasteiger partial charge in [0.15, 0.2) is 0 Å². The molecule has 0 bridgehead atoms. The third kappa shape index (κ3) is 7.01. The van der Waals surface area contributed by atoms with Crippen LogP contribution in [-0.2, 0) is 34.8 Å². The van der Waals surface area contributed by atoms with Crippen molar-refractivity contribution >= 4 is 6.09 Å². The Morgan fingerprint density at radius 1 is 0.635 bits per heavy atom. The molecule has 0 fully saturated rings. The van der Waals surface area contributed by atoms with E-state index in [0.29, 0.717) is 5.56 Å². The molecule has 7 heteroatoms. The fraction of sp³-hybridized carbons (Fsp3) is 0.178. The van der Waals surface area contributed by atoms with Crippen LogP contribution in [-0.4, -0.2) is 32.0 Å². The number of aliphatic hydroxyl groups is 1. The molecule has 262 valence electrons. The fourth-order valence-corrected chi connectivity index (χ4v) is 7.21. The number of hydrogen-bond acceptors (Lipinski definition) is 6. The summed E-state index contributed by atoms with van der Waals surface area (Å²) < 4.78 is 23.8. The number of alkyl carbamates (subject to hydrolysis) is 1. The summed E-state index contributed by atoms with van der Waals surface area (Å²) in [5, 5.41) is 13.1. The average Bonchev–Trinajstić information content (AvgIpc) is 3.53. The second-order valence-corrected chi connectivity index (χ2v) is 12.8. The fourth-order valence-electron chi connectivity index (χ4n) is 7.21. The molecule has 2 N–H and O–H groups in total. The summed E-state index contributed by atoms with van der Waals surface area (Å²) in [6.45, 7) is 0.498. The van der Waals surface area contributed by atoms with Crippen LogP contribution in [0.25, 0.3) is 11.1 Å². The number of aliphatic hydroxyl groups excluding tert-OH is 1. The molecule has 52 heavy (non-hydrogen) atoms. The van der Waals surface area contributed by atoms with E-state index in [1.807, 2.05) is 109 Å². The Balaban J connectivity index is 1.12. The predicted molar refractivity (Wildman–Crippen MR) is 201 cm³/mol. The molecule has 6 aromatic rings. The molecule has 0 heterocycles. The minimum Gasteiger partial charge on any atom is -0.497 e. The normalized spacial score (nSPS) is 12.1. The molecule has 6 aromatic carbocycles. The standard InChI is InChI=1S/C45H41NO6/c1-49-37-20-16-35(17-21-37)45(34-10-4-3-5-11-34,36-18-22-38(50-2)23-19-36)52-29-33-25-31(24-32(26-33)28-47)27-46-44(48)51-30-43-41-14-8-6-12-39(41)40-13-7-9-15-42(40)43/h3-26,43,47H,27-30H2,1-2H3,(H,46,48). The van der Waals surface area contributed by atoms with E-state index in [0.717, 1.165) is 50.4 Å². The summed E-state index contributed by atoms with van der Waals surface area (Å²) in [7, 11) is 3.29. The minimum atomic E-state index is -1.01. The molecule has 0 spiro atoms. The smallest absolute Gasteiger partial charge is 0.407 e. The highest BCUT2D eigenvalue weighted by molar-refractivity contribution is 5.79. The lowest BCUT2D eigenvalue weighted by atomic mass is 9.80. The average molecular weight is 692 g/mol. The van der Waals surface area contributed by atoms with Crippen LogP contribution in [0.2, 0.25) is 0 Å². The molecule has 0 atom stereocenters. The van der Waals surface area contributed by atoms with Gasteiger partial charge in [-0.3, -0.25) is 0 Å². The van der Waals surface area contributed by atoms with Crippen molar-refractivity contribution in [3.8, 4) is 22.6 Å². The van der Waals surface area contributed by atoms with Crippen molar-refractivity contribution in [2.75, 3.05) is 20.8 Å². The monoisotopic (exact) mass is 691 g/mol. The van der Waals surface area contributed by atoms with Gasteiger partial charge in [-0.1, -0.05) is 121 Å². The van der Waals surface area contributed by atoms with E-state index >= 15 is 0 Å². The zero-order valence-corrected chi connectivity index (χ0v) is 29.3. The third-order valence-corrected chi connectivity index (χ3v) is 9.70. The second kappa shape index (κ2) is 15.6. The number of ether oxygens (including phenoxy) is 4. The molecule has 7 nitrogen and oxygen atoms in total. The molecule has 1 amide bonds. The Bertz CT molecular complexity index is 2040. The van der Waals surface area contributed by atoms with Crippen molar-refractivity contribution in [2.45, 2.75) is 31.3 Å². The zero-order valence-electron chi connectivity index (χ0n) is 29.3. The first-order valence-electron chi connectivity index (χ1n) is 17.3. The molecule has 0 aliphatic heterocycles. The van der Waals surface area contributed by atoms with Crippen LogP contribution in [0.15, 0.2) is 146 Å². The number of nitrogens with one attached hydrogen (secondary N) is 1. The van der Waals surface area contributed by atoms with Crippen molar-refractivity contribution in [2.24, 2.45) is 0 Å². The number of fused-ring (bicyclic) bond motifs is 3. The number of benzene rings is 6. The molecule has 0 aromatic heterocycles. The second-order valence-electron chi connectivity index (χ2n) is 12.8. The van der Waals surface area contributed by atoms with Gasteiger partial charge in [0.1, 0.15) is 23.7 Å². The summed E-state index contributed by atoms with van der Waals surface area (Å²) in [5.74, 6) is 1.45. The van der Waals surface area contributed by atoms with Crippen molar-refractivity contribution in [1.29, 1.82) is 0 Å². The van der Waals surface area contributed by atoms with Crippen LogP contribution in [0.3, 0.4) is 0 Å². The molecule has 7 rings (SSSR count). The Morgan fingerprint density at radius 2 is 1.13 bits per heavy atom. The molecule has 0 saturated heterocycles. The molecule has 0 unspecified atom stereocenters. The zero-order chi connectivity index (χ0) is 35.9.